The molecule has 0 aromatic heterocycles. The number of hydrogen-bond donors (Lipinski definition) is 0. The molecule has 3 rings (SSSR count). The highest BCUT2D eigenvalue weighted by Gasteiger charge is 2.30. The summed E-state index contributed by atoms with van der Waals surface area (Å²) in [5, 5.41) is 1.58. The van der Waals surface area contributed by atoms with Gasteiger partial charge in [-0.15, -0.1) is 0 Å². The predicted octanol–water partition coefficient (Wildman–Crippen LogP) is 6.93. The van der Waals surface area contributed by atoms with E-state index in [1.54, 1.807) is 6.07 Å². The first-order valence-electron chi connectivity index (χ1n) is 8.58. The molecule has 3 heteroatoms. The fourth-order valence-electron chi connectivity index (χ4n) is 3.89. The maximum Gasteiger partial charge on any atom is 0.416 e. The Morgan fingerprint density at radius 3 is 2.22 bits per heavy atom. The van der Waals surface area contributed by atoms with Crippen LogP contribution in [0.1, 0.15) is 62.5 Å². The largest absolute Gasteiger partial charge is 0.416 e. The maximum absolute atomic E-state index is 12.8. The van der Waals surface area contributed by atoms with Crippen LogP contribution in [-0.2, 0) is 6.18 Å². The molecule has 0 aliphatic heterocycles. The minimum Gasteiger partial charge on any atom is -0.166 e. The molecular weight excluding hydrogens is 297 g/mol. The van der Waals surface area contributed by atoms with E-state index in [2.05, 4.69) is 13.0 Å². The Morgan fingerprint density at radius 1 is 0.913 bits per heavy atom. The summed E-state index contributed by atoms with van der Waals surface area (Å²) >= 11 is 0. The molecule has 2 aromatic rings. The smallest absolute Gasteiger partial charge is 0.166 e. The summed E-state index contributed by atoms with van der Waals surface area (Å²) in [5.74, 6) is 1.43. The third kappa shape index (κ3) is 3.70. The molecule has 1 aliphatic carbocycles. The molecular formula is C20H23F3. The van der Waals surface area contributed by atoms with Crippen molar-refractivity contribution >= 4 is 10.8 Å². The Kier molecular flexibility index (Phi) is 4.65. The highest BCUT2D eigenvalue weighted by Crippen LogP contribution is 2.39. The summed E-state index contributed by atoms with van der Waals surface area (Å²) in [6.45, 7) is 2.24. The molecule has 2 aromatic carbocycles. The Balaban J connectivity index is 1.79. The lowest BCUT2D eigenvalue weighted by atomic mass is 9.77. The van der Waals surface area contributed by atoms with Crippen LogP contribution in [0.2, 0.25) is 0 Å². The third-order valence-electron chi connectivity index (χ3n) is 5.21. The van der Waals surface area contributed by atoms with Crippen molar-refractivity contribution in [3.05, 3.63) is 47.5 Å². The van der Waals surface area contributed by atoms with Gasteiger partial charge < -0.3 is 0 Å². The van der Waals surface area contributed by atoms with Crippen molar-refractivity contribution in [1.29, 1.82) is 0 Å². The van der Waals surface area contributed by atoms with Crippen LogP contribution in [0.15, 0.2) is 36.4 Å². The van der Waals surface area contributed by atoms with E-state index >= 15 is 0 Å². The molecule has 1 aliphatic rings. The van der Waals surface area contributed by atoms with Crippen LogP contribution in [-0.4, -0.2) is 0 Å². The summed E-state index contributed by atoms with van der Waals surface area (Å²) in [7, 11) is 0. The van der Waals surface area contributed by atoms with E-state index in [1.807, 2.05) is 12.1 Å². The fourth-order valence-corrected chi connectivity index (χ4v) is 3.89. The topological polar surface area (TPSA) is 0 Å². The van der Waals surface area contributed by atoms with Gasteiger partial charge in [-0.1, -0.05) is 44.0 Å². The van der Waals surface area contributed by atoms with Crippen molar-refractivity contribution in [1.82, 2.24) is 0 Å². The van der Waals surface area contributed by atoms with Crippen molar-refractivity contribution in [2.24, 2.45) is 5.92 Å². The van der Waals surface area contributed by atoms with Crippen molar-refractivity contribution in [3.63, 3.8) is 0 Å². The summed E-state index contributed by atoms with van der Waals surface area (Å²) < 4.78 is 38.4. The third-order valence-corrected chi connectivity index (χ3v) is 5.21. The Hall–Kier alpha value is -1.51. The second-order valence-electron chi connectivity index (χ2n) is 6.83. The normalized spacial score (nSPS) is 22.4. The summed E-state index contributed by atoms with van der Waals surface area (Å²) in [5.41, 5.74) is 0.713. The average Bonchev–Trinajstić information content (AvgIpc) is 2.54. The lowest BCUT2D eigenvalue weighted by Gasteiger charge is -2.28. The van der Waals surface area contributed by atoms with Gasteiger partial charge >= 0.3 is 6.18 Å². The number of rotatable bonds is 3. The van der Waals surface area contributed by atoms with Gasteiger partial charge in [0.25, 0.3) is 0 Å². The molecule has 0 amide bonds. The van der Waals surface area contributed by atoms with E-state index < -0.39 is 11.7 Å². The molecule has 0 heterocycles. The maximum atomic E-state index is 12.8. The predicted molar refractivity (Wildman–Crippen MR) is 88.6 cm³/mol. The van der Waals surface area contributed by atoms with Gasteiger partial charge in [0.05, 0.1) is 5.56 Å². The molecule has 0 unspecified atom stereocenters. The van der Waals surface area contributed by atoms with Crippen LogP contribution in [0.5, 0.6) is 0 Å². The second-order valence-corrected chi connectivity index (χ2v) is 6.83. The standard InChI is InChI=1S/C20H23F3/c1-2-3-14-4-6-15(7-5-14)16-8-9-18-13-19(20(21,22)23)11-10-17(18)12-16/h8-15H,2-7H2,1H3/t14-,15-. The summed E-state index contributed by atoms with van der Waals surface area (Å²) in [6, 6.07) is 9.98. The quantitative estimate of drug-likeness (QED) is 0.575. The summed E-state index contributed by atoms with van der Waals surface area (Å²) in [4.78, 5) is 0. The van der Waals surface area contributed by atoms with Crippen molar-refractivity contribution in [2.45, 2.75) is 57.5 Å². The number of benzene rings is 2. The van der Waals surface area contributed by atoms with E-state index in [1.165, 1.54) is 56.2 Å². The number of alkyl halides is 3. The van der Waals surface area contributed by atoms with E-state index in [0.717, 1.165) is 11.3 Å². The Morgan fingerprint density at radius 2 is 1.57 bits per heavy atom. The second kappa shape index (κ2) is 6.54. The van der Waals surface area contributed by atoms with E-state index in [4.69, 9.17) is 0 Å². The van der Waals surface area contributed by atoms with Gasteiger partial charge in [0.1, 0.15) is 0 Å². The lowest BCUT2D eigenvalue weighted by Crippen LogP contribution is -2.13. The van der Waals surface area contributed by atoms with Crippen molar-refractivity contribution in [2.75, 3.05) is 0 Å². The molecule has 0 radical (unpaired) electrons. The first-order valence-corrected chi connectivity index (χ1v) is 8.58. The highest BCUT2D eigenvalue weighted by molar-refractivity contribution is 5.84. The van der Waals surface area contributed by atoms with Crippen molar-refractivity contribution < 1.29 is 13.2 Å². The molecule has 1 fully saturated rings. The van der Waals surface area contributed by atoms with Crippen LogP contribution in [0, 0.1) is 5.92 Å². The van der Waals surface area contributed by atoms with Crippen LogP contribution >= 0.6 is 0 Å². The van der Waals surface area contributed by atoms with E-state index in [-0.39, 0.29) is 0 Å². The Labute approximate surface area is 135 Å². The molecule has 0 nitrogen and oxygen atoms in total. The molecule has 124 valence electrons. The van der Waals surface area contributed by atoms with Crippen LogP contribution < -0.4 is 0 Å². The first-order chi connectivity index (χ1) is 11.0. The molecule has 0 saturated heterocycles. The molecule has 1 saturated carbocycles. The van der Waals surface area contributed by atoms with Gasteiger partial charge in [-0.05, 0) is 66.0 Å². The van der Waals surface area contributed by atoms with E-state index in [0.29, 0.717) is 11.3 Å². The van der Waals surface area contributed by atoms with Crippen LogP contribution in [0.25, 0.3) is 10.8 Å². The monoisotopic (exact) mass is 320 g/mol. The van der Waals surface area contributed by atoms with Gasteiger partial charge in [-0.2, -0.15) is 13.2 Å². The zero-order valence-electron chi connectivity index (χ0n) is 13.5. The van der Waals surface area contributed by atoms with E-state index in [9.17, 15) is 13.2 Å². The SMILES string of the molecule is CCC[C@H]1CC[C@H](c2ccc3cc(C(F)(F)F)ccc3c2)CC1. The number of fused-ring (bicyclic) bond motifs is 1. The minimum absolute atomic E-state index is 0.565. The average molecular weight is 320 g/mol. The first kappa shape index (κ1) is 16.4. The van der Waals surface area contributed by atoms with Gasteiger partial charge in [-0.25, -0.2) is 0 Å². The van der Waals surface area contributed by atoms with Gasteiger partial charge in [0.2, 0.25) is 0 Å². The van der Waals surface area contributed by atoms with Crippen molar-refractivity contribution in [3.8, 4) is 0 Å². The zero-order valence-corrected chi connectivity index (χ0v) is 13.5. The van der Waals surface area contributed by atoms with Gasteiger partial charge in [0.15, 0.2) is 0 Å². The molecule has 0 bridgehead atoms. The van der Waals surface area contributed by atoms with Crippen LogP contribution in [0.4, 0.5) is 13.2 Å². The summed E-state index contributed by atoms with van der Waals surface area (Å²) in [6.07, 6.45) is 3.28. The van der Waals surface area contributed by atoms with Gasteiger partial charge in [-0.3, -0.25) is 0 Å². The lowest BCUT2D eigenvalue weighted by molar-refractivity contribution is -0.137. The highest BCUT2D eigenvalue weighted by atomic mass is 19.4. The molecule has 0 spiro atoms. The number of hydrogen-bond acceptors (Lipinski definition) is 0. The minimum atomic E-state index is -4.27. The molecule has 23 heavy (non-hydrogen) atoms. The van der Waals surface area contributed by atoms with Crippen LogP contribution in [0.3, 0.4) is 0 Å². The number of halogens is 3. The fraction of sp³-hybridized carbons (Fsp3) is 0.500. The van der Waals surface area contributed by atoms with Gasteiger partial charge in [0, 0.05) is 0 Å². The zero-order chi connectivity index (χ0) is 16.4. The molecule has 0 N–H and O–H groups in total. The Bertz CT molecular complexity index is 664. The molecule has 0 atom stereocenters.